The van der Waals surface area contributed by atoms with Crippen LogP contribution in [0.2, 0.25) is 0 Å². The molecular formula is C23H24F3N5O3S. The maximum atomic E-state index is 15.1. The highest BCUT2D eigenvalue weighted by Gasteiger charge is 2.32. The molecule has 2 fully saturated rings. The smallest absolute Gasteiger partial charge is 0.314 e. The van der Waals surface area contributed by atoms with Gasteiger partial charge in [-0.2, -0.15) is 8.78 Å². The average Bonchev–Trinajstić information content (AvgIpc) is 3.34. The summed E-state index contributed by atoms with van der Waals surface area (Å²) in [6.07, 6.45) is -2.90. The molecule has 3 aromatic rings. The summed E-state index contributed by atoms with van der Waals surface area (Å²) in [6.45, 7) is 4.34. The van der Waals surface area contributed by atoms with Gasteiger partial charge < -0.3 is 9.15 Å². The quantitative estimate of drug-likeness (QED) is 0.465. The zero-order chi connectivity index (χ0) is 24.4. The molecule has 2 aliphatic rings. The fourth-order valence-electron chi connectivity index (χ4n) is 4.03. The van der Waals surface area contributed by atoms with Crippen LogP contribution in [0.4, 0.5) is 18.9 Å². The highest BCUT2D eigenvalue weighted by Crippen LogP contribution is 2.27. The van der Waals surface area contributed by atoms with Gasteiger partial charge in [0, 0.05) is 37.3 Å². The summed E-state index contributed by atoms with van der Waals surface area (Å²) in [5, 5.41) is 6.84. The topological polar surface area (TPSA) is 74.9 Å². The number of benzene rings is 2. The first-order valence-electron chi connectivity index (χ1n) is 11.2. The van der Waals surface area contributed by atoms with Gasteiger partial charge in [-0.25, -0.2) is 12.9 Å². The third-order valence-electron chi connectivity index (χ3n) is 6.10. The van der Waals surface area contributed by atoms with Gasteiger partial charge in [-0.15, -0.1) is 10.2 Å². The molecule has 2 saturated heterocycles. The van der Waals surface area contributed by atoms with Crippen LogP contribution in [-0.4, -0.2) is 69.0 Å². The fraction of sp³-hybridized carbons (Fsp3) is 0.391. The number of piperazine rings is 1. The van der Waals surface area contributed by atoms with Crippen LogP contribution < -0.4 is 4.31 Å². The Balaban J connectivity index is 1.34. The minimum absolute atomic E-state index is 0.0472. The van der Waals surface area contributed by atoms with Crippen LogP contribution >= 0.6 is 0 Å². The average molecular weight is 508 g/mol. The summed E-state index contributed by atoms with van der Waals surface area (Å²) in [4.78, 5) is 2.35. The molecule has 8 nitrogen and oxygen atoms in total. The van der Waals surface area contributed by atoms with Crippen molar-refractivity contribution in [1.29, 1.82) is 0 Å². The number of hydrogen-bond acceptors (Lipinski definition) is 6. The summed E-state index contributed by atoms with van der Waals surface area (Å²) in [6, 6.07) is 13.8. The van der Waals surface area contributed by atoms with Gasteiger partial charge in [0.1, 0.15) is 5.82 Å². The number of alkyl halides is 2. The molecule has 0 saturated carbocycles. The Hall–Kier alpha value is -2.80. The number of nitrogens with zero attached hydrogens (tertiary/aromatic N) is 5. The maximum Gasteiger partial charge on any atom is 0.314 e. The van der Waals surface area contributed by atoms with Crippen molar-refractivity contribution >= 4 is 16.9 Å². The number of aromatic nitrogens is 2. The summed E-state index contributed by atoms with van der Waals surface area (Å²) in [7, 11) is 0. The second-order valence-corrected chi connectivity index (χ2v) is 9.73. The van der Waals surface area contributed by atoms with Crippen molar-refractivity contribution < 1.29 is 26.5 Å². The van der Waals surface area contributed by atoms with E-state index >= 15 is 4.39 Å². The van der Waals surface area contributed by atoms with Gasteiger partial charge in [0.25, 0.3) is 5.89 Å². The Labute approximate surface area is 203 Å². The number of rotatable bonds is 8. The highest BCUT2D eigenvalue weighted by molar-refractivity contribution is 7.84. The second kappa shape index (κ2) is 10.4. The standard InChI is InChI=1S/C23H24F3N5O3S/c24-20-12-16(22-27-28-23(34-22)21(25)26)6-7-17(20)13-31(18-4-2-1-3-5-18)35(32)30-10-8-29(9-11-30)19-14-33-15-19/h1-7,12,19,21H,8-11,13-15H2. The number of anilines is 1. The minimum Gasteiger partial charge on any atom is -0.415 e. The predicted molar refractivity (Wildman–Crippen MR) is 123 cm³/mol. The second-order valence-electron chi connectivity index (χ2n) is 8.31. The maximum absolute atomic E-state index is 15.1. The van der Waals surface area contributed by atoms with E-state index in [0.29, 0.717) is 30.4 Å². The number of ether oxygens (including phenoxy) is 1. The monoisotopic (exact) mass is 507 g/mol. The van der Waals surface area contributed by atoms with Crippen LogP contribution in [-0.2, 0) is 22.5 Å². The molecule has 3 heterocycles. The molecule has 0 radical (unpaired) electrons. The van der Waals surface area contributed by atoms with Crippen molar-refractivity contribution in [3.05, 3.63) is 65.8 Å². The normalized spacial score (nSPS) is 18.5. The predicted octanol–water partition coefficient (Wildman–Crippen LogP) is 3.42. The Bertz CT molecular complexity index is 1170. The molecule has 5 rings (SSSR count). The molecule has 35 heavy (non-hydrogen) atoms. The lowest BCUT2D eigenvalue weighted by Crippen LogP contribution is -2.57. The van der Waals surface area contributed by atoms with Gasteiger partial charge in [0.05, 0.1) is 31.5 Å². The van der Waals surface area contributed by atoms with E-state index < -0.39 is 29.3 Å². The van der Waals surface area contributed by atoms with E-state index in [1.54, 1.807) is 4.31 Å². The van der Waals surface area contributed by atoms with E-state index in [4.69, 9.17) is 9.15 Å². The van der Waals surface area contributed by atoms with E-state index in [1.165, 1.54) is 12.1 Å². The van der Waals surface area contributed by atoms with Gasteiger partial charge in [-0.1, -0.05) is 24.3 Å². The van der Waals surface area contributed by atoms with Gasteiger partial charge >= 0.3 is 6.43 Å². The summed E-state index contributed by atoms with van der Waals surface area (Å²) in [5.41, 5.74) is 1.18. The first kappa shape index (κ1) is 23.9. The fourth-order valence-corrected chi connectivity index (χ4v) is 5.34. The first-order chi connectivity index (χ1) is 17.0. The molecule has 1 atom stereocenters. The lowest BCUT2D eigenvalue weighted by Gasteiger charge is -2.42. The zero-order valence-corrected chi connectivity index (χ0v) is 19.5. The summed E-state index contributed by atoms with van der Waals surface area (Å²) >= 11 is -1.54. The largest absolute Gasteiger partial charge is 0.415 e. The van der Waals surface area contributed by atoms with Crippen LogP contribution in [0, 0.1) is 5.82 Å². The minimum atomic E-state index is -2.90. The summed E-state index contributed by atoms with van der Waals surface area (Å²) in [5.74, 6) is -1.60. The Morgan fingerprint density at radius 3 is 2.40 bits per heavy atom. The van der Waals surface area contributed by atoms with Crippen LogP contribution in [0.25, 0.3) is 11.5 Å². The van der Waals surface area contributed by atoms with Crippen molar-refractivity contribution in [2.75, 3.05) is 43.7 Å². The molecule has 0 bridgehead atoms. The highest BCUT2D eigenvalue weighted by atomic mass is 32.2. The third kappa shape index (κ3) is 5.25. The molecule has 0 N–H and O–H groups in total. The first-order valence-corrected chi connectivity index (χ1v) is 12.3. The Kier molecular flexibility index (Phi) is 7.14. The molecule has 0 aliphatic carbocycles. The molecule has 2 aliphatic heterocycles. The van der Waals surface area contributed by atoms with Crippen LogP contribution in [0.15, 0.2) is 52.9 Å². The van der Waals surface area contributed by atoms with Crippen molar-refractivity contribution in [3.63, 3.8) is 0 Å². The van der Waals surface area contributed by atoms with Gasteiger partial charge in [0.2, 0.25) is 5.89 Å². The molecule has 1 unspecified atom stereocenters. The van der Waals surface area contributed by atoms with Crippen LogP contribution in [0.3, 0.4) is 0 Å². The molecule has 1 aromatic heterocycles. The Morgan fingerprint density at radius 1 is 1.06 bits per heavy atom. The molecule has 186 valence electrons. The van der Waals surface area contributed by atoms with E-state index in [9.17, 15) is 13.0 Å². The van der Waals surface area contributed by atoms with Crippen LogP contribution in [0.1, 0.15) is 17.9 Å². The number of halogens is 3. The molecular weight excluding hydrogens is 483 g/mol. The van der Waals surface area contributed by atoms with Gasteiger partial charge in [-0.05, 0) is 24.3 Å². The van der Waals surface area contributed by atoms with Gasteiger partial charge in [-0.3, -0.25) is 9.21 Å². The third-order valence-corrected chi connectivity index (χ3v) is 7.63. The lowest BCUT2D eigenvalue weighted by atomic mass is 10.1. The molecule has 2 aromatic carbocycles. The van der Waals surface area contributed by atoms with Crippen molar-refractivity contribution in [1.82, 2.24) is 19.4 Å². The van der Waals surface area contributed by atoms with Crippen molar-refractivity contribution in [2.24, 2.45) is 0 Å². The van der Waals surface area contributed by atoms with Crippen molar-refractivity contribution in [3.8, 4) is 11.5 Å². The van der Waals surface area contributed by atoms with E-state index in [0.717, 1.165) is 32.4 Å². The Morgan fingerprint density at radius 2 is 1.80 bits per heavy atom. The SMILES string of the molecule is O=S(N1CCN(C2COC2)CC1)N(Cc1ccc(-c2nnc(C(F)F)o2)cc1F)c1ccccc1. The van der Waals surface area contributed by atoms with E-state index in [-0.39, 0.29) is 18.0 Å². The zero-order valence-electron chi connectivity index (χ0n) is 18.7. The summed E-state index contributed by atoms with van der Waals surface area (Å²) < 4.78 is 67.9. The number of para-hydroxylation sites is 1. The van der Waals surface area contributed by atoms with Gasteiger partial charge in [0.15, 0.2) is 11.2 Å². The molecule has 0 amide bonds. The van der Waals surface area contributed by atoms with Crippen molar-refractivity contribution in [2.45, 2.75) is 19.0 Å². The van der Waals surface area contributed by atoms with E-state index in [2.05, 4.69) is 15.1 Å². The molecule has 12 heteroatoms. The molecule has 0 spiro atoms. The lowest BCUT2D eigenvalue weighted by molar-refractivity contribution is -0.0719. The number of hydrogen-bond donors (Lipinski definition) is 0. The van der Waals surface area contributed by atoms with Crippen LogP contribution in [0.5, 0.6) is 0 Å². The van der Waals surface area contributed by atoms with E-state index in [1.807, 2.05) is 34.6 Å².